The maximum absolute atomic E-state index is 11.7. The second kappa shape index (κ2) is 7.43. The van der Waals surface area contributed by atoms with Crippen LogP contribution in [0.4, 0.5) is 0 Å². The monoisotopic (exact) mass is 279 g/mol. The zero-order valence-electron chi connectivity index (χ0n) is 12.5. The molecule has 0 bridgehead atoms. The van der Waals surface area contributed by atoms with Crippen LogP contribution in [0.5, 0.6) is 0 Å². The topological polar surface area (TPSA) is 56.1 Å². The Morgan fingerprint density at radius 1 is 1.55 bits per heavy atom. The minimum Gasteiger partial charge on any atom is -0.368 e. The number of nitrogens with one attached hydrogen (secondary N) is 1. The lowest BCUT2D eigenvalue weighted by molar-refractivity contribution is -0.128. The van der Waals surface area contributed by atoms with Crippen LogP contribution in [0.25, 0.3) is 0 Å². The van der Waals surface area contributed by atoms with Crippen LogP contribution in [0.1, 0.15) is 38.2 Å². The van der Waals surface area contributed by atoms with Crippen molar-refractivity contribution < 1.29 is 9.53 Å². The molecule has 5 nitrogen and oxygen atoms in total. The Hall–Kier alpha value is -1.36. The Bertz CT molecular complexity index is 431. The standard InChI is InChI=1S/C15H25N3O2/c1-12-4-3-5-14(8-12)20-11-15(19)16-7-6-13-9-17-18(2)10-13/h9-10,12,14H,3-8,11H2,1-2H3,(H,16,19)/t12-,14+/m0/s1. The van der Waals surface area contributed by atoms with E-state index in [1.54, 1.807) is 4.68 Å². The predicted molar refractivity (Wildman–Crippen MR) is 77.3 cm³/mol. The van der Waals surface area contributed by atoms with Crippen molar-refractivity contribution in [3.63, 3.8) is 0 Å². The highest BCUT2D eigenvalue weighted by Crippen LogP contribution is 2.25. The molecular weight excluding hydrogens is 254 g/mol. The quantitative estimate of drug-likeness (QED) is 0.862. The summed E-state index contributed by atoms with van der Waals surface area (Å²) in [5, 5.41) is 6.99. The van der Waals surface area contributed by atoms with Crippen molar-refractivity contribution in [2.45, 2.75) is 45.1 Å². The molecule has 1 amide bonds. The van der Waals surface area contributed by atoms with Gasteiger partial charge in [-0.1, -0.05) is 19.8 Å². The molecule has 20 heavy (non-hydrogen) atoms. The van der Waals surface area contributed by atoms with Crippen LogP contribution in [-0.2, 0) is 23.0 Å². The fourth-order valence-electron chi connectivity index (χ4n) is 2.72. The highest BCUT2D eigenvalue weighted by molar-refractivity contribution is 5.77. The number of aryl methyl sites for hydroxylation is 1. The molecule has 2 atom stereocenters. The minimum absolute atomic E-state index is 0.0212. The fraction of sp³-hybridized carbons (Fsp3) is 0.733. The molecule has 1 aliphatic carbocycles. The molecule has 1 N–H and O–H groups in total. The van der Waals surface area contributed by atoms with E-state index < -0.39 is 0 Å². The Kier molecular flexibility index (Phi) is 5.59. The molecule has 0 saturated heterocycles. The summed E-state index contributed by atoms with van der Waals surface area (Å²) in [6.07, 6.45) is 9.54. The summed E-state index contributed by atoms with van der Waals surface area (Å²) < 4.78 is 7.46. The first kappa shape index (κ1) is 15.0. The van der Waals surface area contributed by atoms with E-state index in [0.29, 0.717) is 6.54 Å². The first-order chi connectivity index (χ1) is 9.63. The summed E-state index contributed by atoms with van der Waals surface area (Å²) in [7, 11) is 1.89. The van der Waals surface area contributed by atoms with Gasteiger partial charge in [-0.15, -0.1) is 0 Å². The zero-order chi connectivity index (χ0) is 14.4. The van der Waals surface area contributed by atoms with Gasteiger partial charge in [-0.25, -0.2) is 0 Å². The molecule has 5 heteroatoms. The van der Waals surface area contributed by atoms with E-state index in [1.807, 2.05) is 19.4 Å². The number of nitrogens with zero attached hydrogens (tertiary/aromatic N) is 2. The van der Waals surface area contributed by atoms with Gasteiger partial charge in [0.15, 0.2) is 0 Å². The molecule has 0 spiro atoms. The van der Waals surface area contributed by atoms with Crippen LogP contribution < -0.4 is 5.32 Å². The van der Waals surface area contributed by atoms with Gasteiger partial charge in [-0.3, -0.25) is 9.48 Å². The maximum Gasteiger partial charge on any atom is 0.246 e. The van der Waals surface area contributed by atoms with Gasteiger partial charge in [0.1, 0.15) is 6.61 Å². The highest BCUT2D eigenvalue weighted by atomic mass is 16.5. The van der Waals surface area contributed by atoms with Gasteiger partial charge in [0, 0.05) is 19.8 Å². The van der Waals surface area contributed by atoms with Crippen molar-refractivity contribution in [2.75, 3.05) is 13.2 Å². The molecule has 1 aromatic heterocycles. The smallest absolute Gasteiger partial charge is 0.246 e. The lowest BCUT2D eigenvalue weighted by Crippen LogP contribution is -2.32. The van der Waals surface area contributed by atoms with Gasteiger partial charge in [0.25, 0.3) is 0 Å². The lowest BCUT2D eigenvalue weighted by Gasteiger charge is -2.26. The Balaban J connectivity index is 1.58. The number of carbonyl (C=O) groups excluding carboxylic acids is 1. The van der Waals surface area contributed by atoms with Crippen molar-refractivity contribution in [3.05, 3.63) is 18.0 Å². The third-order valence-electron chi connectivity index (χ3n) is 3.83. The van der Waals surface area contributed by atoms with Crippen molar-refractivity contribution in [1.29, 1.82) is 0 Å². The molecule has 2 rings (SSSR count). The second-order valence-electron chi connectivity index (χ2n) is 5.83. The lowest BCUT2D eigenvalue weighted by atomic mass is 9.89. The molecule has 1 heterocycles. The number of ether oxygens (including phenoxy) is 1. The molecule has 0 radical (unpaired) electrons. The average molecular weight is 279 g/mol. The van der Waals surface area contributed by atoms with Crippen molar-refractivity contribution >= 4 is 5.91 Å². The normalized spacial score (nSPS) is 22.7. The van der Waals surface area contributed by atoms with Crippen molar-refractivity contribution in [2.24, 2.45) is 13.0 Å². The molecule has 1 aromatic rings. The van der Waals surface area contributed by atoms with Crippen LogP contribution in [-0.4, -0.2) is 34.9 Å². The van der Waals surface area contributed by atoms with E-state index in [0.717, 1.165) is 30.7 Å². The molecule has 1 saturated carbocycles. The number of amides is 1. The Labute approximate surface area is 120 Å². The second-order valence-corrected chi connectivity index (χ2v) is 5.83. The number of aromatic nitrogens is 2. The van der Waals surface area contributed by atoms with Gasteiger partial charge in [0.05, 0.1) is 12.3 Å². The minimum atomic E-state index is -0.0212. The van der Waals surface area contributed by atoms with E-state index in [2.05, 4.69) is 17.3 Å². The molecule has 112 valence electrons. The Morgan fingerprint density at radius 3 is 3.10 bits per heavy atom. The van der Waals surface area contributed by atoms with Gasteiger partial charge in [-0.05, 0) is 30.7 Å². The molecule has 1 fully saturated rings. The van der Waals surface area contributed by atoms with Crippen LogP contribution >= 0.6 is 0 Å². The number of rotatable bonds is 6. The summed E-state index contributed by atoms with van der Waals surface area (Å²) in [6, 6.07) is 0. The highest BCUT2D eigenvalue weighted by Gasteiger charge is 2.19. The Morgan fingerprint density at radius 2 is 2.40 bits per heavy atom. The number of hydrogen-bond donors (Lipinski definition) is 1. The number of hydrogen-bond acceptors (Lipinski definition) is 3. The first-order valence-corrected chi connectivity index (χ1v) is 7.49. The SMILES string of the molecule is C[C@H]1CCC[C@@H](OCC(=O)NCCc2cnn(C)c2)C1. The molecular formula is C15H25N3O2. The van der Waals surface area contributed by atoms with Gasteiger partial charge in [-0.2, -0.15) is 5.10 Å². The van der Waals surface area contributed by atoms with Crippen LogP contribution in [0.2, 0.25) is 0 Å². The van der Waals surface area contributed by atoms with E-state index in [1.165, 1.54) is 12.8 Å². The van der Waals surface area contributed by atoms with E-state index >= 15 is 0 Å². The van der Waals surface area contributed by atoms with E-state index in [9.17, 15) is 4.79 Å². The number of carbonyl (C=O) groups is 1. The van der Waals surface area contributed by atoms with Crippen LogP contribution in [0.15, 0.2) is 12.4 Å². The summed E-state index contributed by atoms with van der Waals surface area (Å²) in [6.45, 7) is 3.07. The summed E-state index contributed by atoms with van der Waals surface area (Å²) in [4.78, 5) is 11.7. The van der Waals surface area contributed by atoms with Crippen molar-refractivity contribution in [1.82, 2.24) is 15.1 Å². The zero-order valence-corrected chi connectivity index (χ0v) is 12.5. The molecule has 0 aliphatic heterocycles. The average Bonchev–Trinajstić information content (AvgIpc) is 2.82. The van der Waals surface area contributed by atoms with Gasteiger partial charge < -0.3 is 10.1 Å². The molecule has 0 unspecified atom stereocenters. The fourth-order valence-corrected chi connectivity index (χ4v) is 2.72. The van der Waals surface area contributed by atoms with E-state index in [4.69, 9.17) is 4.74 Å². The third-order valence-corrected chi connectivity index (χ3v) is 3.83. The van der Waals surface area contributed by atoms with Crippen molar-refractivity contribution in [3.8, 4) is 0 Å². The molecule has 0 aromatic carbocycles. The van der Waals surface area contributed by atoms with E-state index in [-0.39, 0.29) is 18.6 Å². The summed E-state index contributed by atoms with van der Waals surface area (Å²) in [5.74, 6) is 0.703. The van der Waals surface area contributed by atoms with Crippen LogP contribution in [0.3, 0.4) is 0 Å². The third kappa shape index (κ3) is 4.96. The van der Waals surface area contributed by atoms with Gasteiger partial charge >= 0.3 is 0 Å². The largest absolute Gasteiger partial charge is 0.368 e. The first-order valence-electron chi connectivity index (χ1n) is 7.49. The predicted octanol–water partition coefficient (Wildman–Crippen LogP) is 1.67. The summed E-state index contributed by atoms with van der Waals surface area (Å²) >= 11 is 0. The summed E-state index contributed by atoms with van der Waals surface area (Å²) in [5.41, 5.74) is 1.13. The molecule has 1 aliphatic rings. The maximum atomic E-state index is 11.7. The van der Waals surface area contributed by atoms with Gasteiger partial charge in [0.2, 0.25) is 5.91 Å². The van der Waals surface area contributed by atoms with Crippen LogP contribution in [0, 0.1) is 5.92 Å².